The number of hydrogen-bond acceptors (Lipinski definition) is 4. The highest BCUT2D eigenvalue weighted by molar-refractivity contribution is 5.60. The van der Waals surface area contributed by atoms with Gasteiger partial charge in [0.25, 0.3) is 5.69 Å². The van der Waals surface area contributed by atoms with Crippen molar-refractivity contribution in [2.45, 2.75) is 19.9 Å². The molecule has 0 bridgehead atoms. The molecule has 5 nitrogen and oxygen atoms in total. The number of nitro benzene ring substituents is 1. The number of nitrogens with zero attached hydrogens (tertiary/aromatic N) is 1. The Hall–Kier alpha value is -1.62. The summed E-state index contributed by atoms with van der Waals surface area (Å²) in [5, 5.41) is 13.8. The normalized spacial score (nSPS) is 12.2. The Labute approximate surface area is 88.4 Å². The Morgan fingerprint density at radius 3 is 2.80 bits per heavy atom. The van der Waals surface area contributed by atoms with E-state index in [9.17, 15) is 10.1 Å². The van der Waals surface area contributed by atoms with Gasteiger partial charge >= 0.3 is 0 Å². The van der Waals surface area contributed by atoms with E-state index in [1.165, 1.54) is 6.07 Å². The van der Waals surface area contributed by atoms with Crippen molar-refractivity contribution in [2.75, 3.05) is 11.9 Å². The van der Waals surface area contributed by atoms with Crippen LogP contribution in [0.4, 0.5) is 11.4 Å². The van der Waals surface area contributed by atoms with Crippen LogP contribution in [0, 0.1) is 17.0 Å². The zero-order valence-electron chi connectivity index (χ0n) is 8.86. The van der Waals surface area contributed by atoms with Crippen LogP contribution in [0.2, 0.25) is 0 Å². The first kappa shape index (κ1) is 11.5. The fourth-order valence-electron chi connectivity index (χ4n) is 1.30. The molecule has 0 aliphatic carbocycles. The summed E-state index contributed by atoms with van der Waals surface area (Å²) < 4.78 is 0. The van der Waals surface area contributed by atoms with E-state index in [0.29, 0.717) is 12.1 Å². The minimum absolute atomic E-state index is 0.103. The third-order valence-electron chi connectivity index (χ3n) is 2.26. The average Bonchev–Trinajstić information content (AvgIpc) is 2.20. The van der Waals surface area contributed by atoms with Gasteiger partial charge in [0.15, 0.2) is 0 Å². The smallest absolute Gasteiger partial charge is 0.274 e. The van der Waals surface area contributed by atoms with Crippen molar-refractivity contribution in [1.82, 2.24) is 0 Å². The van der Waals surface area contributed by atoms with E-state index in [1.54, 1.807) is 13.0 Å². The zero-order chi connectivity index (χ0) is 11.4. The van der Waals surface area contributed by atoms with Gasteiger partial charge in [-0.25, -0.2) is 0 Å². The van der Waals surface area contributed by atoms with Gasteiger partial charge in [-0.2, -0.15) is 0 Å². The van der Waals surface area contributed by atoms with Crippen molar-refractivity contribution in [1.29, 1.82) is 0 Å². The van der Waals surface area contributed by atoms with Crippen molar-refractivity contribution < 1.29 is 4.92 Å². The van der Waals surface area contributed by atoms with Gasteiger partial charge in [-0.15, -0.1) is 0 Å². The Kier molecular flexibility index (Phi) is 3.62. The summed E-state index contributed by atoms with van der Waals surface area (Å²) in [5.41, 5.74) is 7.01. The molecule has 5 heteroatoms. The molecule has 1 unspecified atom stereocenters. The SMILES string of the molecule is Cc1c(NC(C)CN)cccc1[N+](=O)[O-]. The molecule has 1 aromatic carbocycles. The lowest BCUT2D eigenvalue weighted by Gasteiger charge is -2.14. The van der Waals surface area contributed by atoms with Gasteiger partial charge in [-0.1, -0.05) is 6.07 Å². The van der Waals surface area contributed by atoms with Crippen LogP contribution in [0.3, 0.4) is 0 Å². The fraction of sp³-hybridized carbons (Fsp3) is 0.400. The molecule has 0 fully saturated rings. The lowest BCUT2D eigenvalue weighted by molar-refractivity contribution is -0.385. The predicted molar refractivity (Wildman–Crippen MR) is 60.0 cm³/mol. The summed E-state index contributed by atoms with van der Waals surface area (Å²) in [6.45, 7) is 4.14. The molecule has 0 heterocycles. The molecule has 0 amide bonds. The van der Waals surface area contributed by atoms with E-state index >= 15 is 0 Å². The van der Waals surface area contributed by atoms with Gasteiger partial charge in [0.1, 0.15) is 0 Å². The van der Waals surface area contributed by atoms with E-state index < -0.39 is 0 Å². The summed E-state index contributed by atoms with van der Waals surface area (Å²) in [5.74, 6) is 0. The van der Waals surface area contributed by atoms with Gasteiger partial charge in [0.2, 0.25) is 0 Å². The Morgan fingerprint density at radius 2 is 2.27 bits per heavy atom. The standard InChI is InChI=1S/C10H15N3O2/c1-7(6-11)12-9-4-3-5-10(8(9)2)13(14)15/h3-5,7,12H,6,11H2,1-2H3. The van der Waals surface area contributed by atoms with Crippen LogP contribution < -0.4 is 11.1 Å². The molecule has 0 aliphatic heterocycles. The summed E-state index contributed by atoms with van der Waals surface area (Å²) in [7, 11) is 0. The predicted octanol–water partition coefficient (Wildman–Crippen LogP) is 1.66. The molecule has 0 radical (unpaired) electrons. The van der Waals surface area contributed by atoms with Crippen LogP contribution in [0.25, 0.3) is 0 Å². The van der Waals surface area contributed by atoms with Crippen LogP contribution in [-0.4, -0.2) is 17.5 Å². The second-order valence-corrected chi connectivity index (χ2v) is 3.49. The van der Waals surface area contributed by atoms with Gasteiger partial charge in [-0.3, -0.25) is 10.1 Å². The number of hydrogen-bond donors (Lipinski definition) is 2. The molecule has 0 aliphatic rings. The van der Waals surface area contributed by atoms with Crippen molar-refractivity contribution >= 4 is 11.4 Å². The molecule has 15 heavy (non-hydrogen) atoms. The number of nitro groups is 1. The maximum absolute atomic E-state index is 10.7. The van der Waals surface area contributed by atoms with Gasteiger partial charge in [0.05, 0.1) is 4.92 Å². The Balaban J connectivity index is 2.99. The molecule has 0 saturated carbocycles. The van der Waals surface area contributed by atoms with E-state index in [-0.39, 0.29) is 16.7 Å². The van der Waals surface area contributed by atoms with Gasteiger partial charge in [0, 0.05) is 29.9 Å². The lowest BCUT2D eigenvalue weighted by Crippen LogP contribution is -2.25. The van der Waals surface area contributed by atoms with Crippen LogP contribution in [0.15, 0.2) is 18.2 Å². The number of anilines is 1. The van der Waals surface area contributed by atoms with Crippen molar-refractivity contribution in [2.24, 2.45) is 5.73 Å². The first-order valence-corrected chi connectivity index (χ1v) is 4.77. The fourth-order valence-corrected chi connectivity index (χ4v) is 1.30. The number of nitrogens with two attached hydrogens (primary N) is 1. The lowest BCUT2D eigenvalue weighted by atomic mass is 10.1. The molecule has 0 spiro atoms. The highest BCUT2D eigenvalue weighted by atomic mass is 16.6. The quantitative estimate of drug-likeness (QED) is 0.583. The number of benzene rings is 1. The second-order valence-electron chi connectivity index (χ2n) is 3.49. The topological polar surface area (TPSA) is 81.2 Å². The largest absolute Gasteiger partial charge is 0.381 e. The molecule has 82 valence electrons. The third kappa shape index (κ3) is 2.66. The van der Waals surface area contributed by atoms with Crippen LogP contribution in [0.5, 0.6) is 0 Å². The highest BCUT2D eigenvalue weighted by Gasteiger charge is 2.13. The first-order chi connectivity index (χ1) is 7.06. The second kappa shape index (κ2) is 4.75. The van der Waals surface area contributed by atoms with E-state index in [1.807, 2.05) is 13.0 Å². The molecule has 0 saturated heterocycles. The van der Waals surface area contributed by atoms with Crippen molar-refractivity contribution in [3.63, 3.8) is 0 Å². The summed E-state index contributed by atoms with van der Waals surface area (Å²) in [6, 6.07) is 5.07. The number of rotatable bonds is 4. The summed E-state index contributed by atoms with van der Waals surface area (Å²) >= 11 is 0. The molecule has 1 aromatic rings. The molecular formula is C10H15N3O2. The Bertz CT molecular complexity index is 366. The van der Waals surface area contributed by atoms with Crippen LogP contribution in [-0.2, 0) is 0 Å². The maximum Gasteiger partial charge on any atom is 0.274 e. The zero-order valence-corrected chi connectivity index (χ0v) is 8.86. The van der Waals surface area contributed by atoms with Gasteiger partial charge < -0.3 is 11.1 Å². The van der Waals surface area contributed by atoms with Crippen LogP contribution in [0.1, 0.15) is 12.5 Å². The molecule has 3 N–H and O–H groups in total. The summed E-state index contributed by atoms with van der Waals surface area (Å²) in [6.07, 6.45) is 0. The molecule has 1 rings (SSSR count). The van der Waals surface area contributed by atoms with E-state index in [4.69, 9.17) is 5.73 Å². The van der Waals surface area contributed by atoms with Crippen molar-refractivity contribution in [3.8, 4) is 0 Å². The maximum atomic E-state index is 10.7. The summed E-state index contributed by atoms with van der Waals surface area (Å²) in [4.78, 5) is 10.3. The third-order valence-corrected chi connectivity index (χ3v) is 2.26. The molecule has 0 aromatic heterocycles. The number of nitrogens with one attached hydrogen (secondary N) is 1. The minimum atomic E-state index is -0.381. The van der Waals surface area contributed by atoms with Crippen LogP contribution >= 0.6 is 0 Å². The molecular weight excluding hydrogens is 194 g/mol. The minimum Gasteiger partial charge on any atom is -0.381 e. The van der Waals surface area contributed by atoms with E-state index in [2.05, 4.69) is 5.32 Å². The average molecular weight is 209 g/mol. The van der Waals surface area contributed by atoms with E-state index in [0.717, 1.165) is 5.69 Å². The van der Waals surface area contributed by atoms with Gasteiger partial charge in [-0.05, 0) is 19.9 Å². The molecule has 1 atom stereocenters. The monoisotopic (exact) mass is 209 g/mol. The first-order valence-electron chi connectivity index (χ1n) is 4.77. The highest BCUT2D eigenvalue weighted by Crippen LogP contribution is 2.25. The van der Waals surface area contributed by atoms with Crippen molar-refractivity contribution in [3.05, 3.63) is 33.9 Å². The Morgan fingerprint density at radius 1 is 1.60 bits per heavy atom.